The number of hydrogen-bond acceptors (Lipinski definition) is 4. The molecular formula is C15H14N4O. The van der Waals surface area contributed by atoms with Crippen molar-refractivity contribution in [1.82, 2.24) is 15.0 Å². The Hall–Kier alpha value is -2.82. The molecule has 0 aliphatic rings. The van der Waals surface area contributed by atoms with Gasteiger partial charge in [-0.05, 0) is 17.7 Å². The quantitative estimate of drug-likeness (QED) is 0.570. The second kappa shape index (κ2) is 5.88. The molecule has 1 aromatic carbocycles. The van der Waals surface area contributed by atoms with Gasteiger partial charge in [0.15, 0.2) is 0 Å². The highest BCUT2D eigenvalue weighted by molar-refractivity contribution is 5.75. The van der Waals surface area contributed by atoms with Crippen LogP contribution in [0.1, 0.15) is 17.5 Å². The van der Waals surface area contributed by atoms with Gasteiger partial charge in [0.2, 0.25) is 0 Å². The third-order valence-electron chi connectivity index (χ3n) is 2.87. The maximum absolute atomic E-state index is 5.20. The number of imidazole rings is 1. The Labute approximate surface area is 116 Å². The largest absolute Gasteiger partial charge is 0.463 e. The minimum atomic E-state index is -0.107. The Balaban J connectivity index is 1.80. The van der Waals surface area contributed by atoms with Crippen LogP contribution in [0.5, 0.6) is 0 Å². The highest BCUT2D eigenvalue weighted by Gasteiger charge is 2.10. The van der Waals surface area contributed by atoms with E-state index in [1.807, 2.05) is 53.2 Å². The molecule has 3 aromatic rings. The van der Waals surface area contributed by atoms with Gasteiger partial charge in [0.25, 0.3) is 0 Å². The Morgan fingerprint density at radius 2 is 2.10 bits per heavy atom. The fourth-order valence-corrected chi connectivity index (χ4v) is 1.91. The van der Waals surface area contributed by atoms with Crippen molar-refractivity contribution < 1.29 is 4.42 Å². The molecule has 100 valence electrons. The van der Waals surface area contributed by atoms with E-state index in [9.17, 15) is 0 Å². The average molecular weight is 266 g/mol. The summed E-state index contributed by atoms with van der Waals surface area (Å²) in [5.41, 5.74) is 4.21. The maximum Gasteiger partial charge on any atom is 0.146 e. The number of furan rings is 1. The number of benzene rings is 1. The summed E-state index contributed by atoms with van der Waals surface area (Å²) < 4.78 is 7.16. The van der Waals surface area contributed by atoms with Crippen LogP contribution in [0, 0.1) is 0 Å². The number of hydrogen-bond donors (Lipinski definition) is 1. The Kier molecular flexibility index (Phi) is 3.59. The van der Waals surface area contributed by atoms with Crippen LogP contribution >= 0.6 is 0 Å². The molecule has 0 fully saturated rings. The molecule has 0 saturated carbocycles. The highest BCUT2D eigenvalue weighted by atomic mass is 16.3. The van der Waals surface area contributed by atoms with Crippen molar-refractivity contribution in [2.45, 2.75) is 6.17 Å². The van der Waals surface area contributed by atoms with Crippen molar-refractivity contribution in [2.75, 3.05) is 0 Å². The molecule has 0 bridgehead atoms. The lowest BCUT2D eigenvalue weighted by Gasteiger charge is -2.18. The van der Waals surface area contributed by atoms with Crippen molar-refractivity contribution in [1.29, 1.82) is 0 Å². The molecule has 5 heteroatoms. The van der Waals surface area contributed by atoms with E-state index in [2.05, 4.69) is 15.5 Å². The Bertz CT molecular complexity index is 645. The third-order valence-corrected chi connectivity index (χ3v) is 2.87. The van der Waals surface area contributed by atoms with Crippen molar-refractivity contribution in [3.05, 3.63) is 78.8 Å². The summed E-state index contributed by atoms with van der Waals surface area (Å²) in [6.07, 6.45) is 8.55. The number of nitrogens with one attached hydrogen (secondary N) is 1. The predicted octanol–water partition coefficient (Wildman–Crippen LogP) is 2.65. The molecule has 0 saturated heterocycles. The standard InChI is InChI=1S/C15H14N4O/c1-2-5-13(6-3-1)15(19-9-8-16-12-19)18-17-11-14-7-4-10-20-14/h1-12,15,18H. The molecule has 0 spiro atoms. The van der Waals surface area contributed by atoms with E-state index in [-0.39, 0.29) is 6.17 Å². The summed E-state index contributed by atoms with van der Waals surface area (Å²) in [5.74, 6) is 0.704. The molecule has 0 amide bonds. The van der Waals surface area contributed by atoms with Crippen molar-refractivity contribution >= 4 is 6.21 Å². The second-order valence-corrected chi connectivity index (χ2v) is 4.23. The topological polar surface area (TPSA) is 55.4 Å². The summed E-state index contributed by atoms with van der Waals surface area (Å²) in [4.78, 5) is 4.08. The van der Waals surface area contributed by atoms with Crippen molar-refractivity contribution in [3.8, 4) is 0 Å². The molecular weight excluding hydrogens is 252 g/mol. The number of nitrogens with zero attached hydrogens (tertiary/aromatic N) is 3. The molecule has 0 aliphatic heterocycles. The molecule has 0 radical (unpaired) electrons. The van der Waals surface area contributed by atoms with Crippen LogP contribution in [0.15, 0.2) is 77.0 Å². The van der Waals surface area contributed by atoms with E-state index in [1.165, 1.54) is 0 Å². The van der Waals surface area contributed by atoms with Crippen LogP contribution < -0.4 is 5.43 Å². The van der Waals surface area contributed by atoms with Gasteiger partial charge >= 0.3 is 0 Å². The average Bonchev–Trinajstić information content (AvgIpc) is 3.18. The van der Waals surface area contributed by atoms with Gasteiger partial charge in [0.05, 0.1) is 18.8 Å². The molecule has 1 unspecified atom stereocenters. The fourth-order valence-electron chi connectivity index (χ4n) is 1.91. The lowest BCUT2D eigenvalue weighted by atomic mass is 10.2. The molecule has 5 nitrogen and oxygen atoms in total. The second-order valence-electron chi connectivity index (χ2n) is 4.23. The number of rotatable bonds is 5. The van der Waals surface area contributed by atoms with Crippen LogP contribution in [0.2, 0.25) is 0 Å². The summed E-state index contributed by atoms with van der Waals surface area (Å²) in [6, 6.07) is 13.7. The van der Waals surface area contributed by atoms with Crippen LogP contribution in [0.4, 0.5) is 0 Å². The van der Waals surface area contributed by atoms with Gasteiger partial charge in [-0.2, -0.15) is 5.10 Å². The normalized spacial score (nSPS) is 12.6. The molecule has 1 atom stereocenters. The zero-order valence-corrected chi connectivity index (χ0v) is 10.8. The Morgan fingerprint density at radius 1 is 1.20 bits per heavy atom. The molecule has 2 aromatic heterocycles. The molecule has 3 rings (SSSR count). The van der Waals surface area contributed by atoms with Crippen molar-refractivity contribution in [2.24, 2.45) is 5.10 Å². The van der Waals surface area contributed by atoms with E-state index in [0.29, 0.717) is 5.76 Å². The van der Waals surface area contributed by atoms with Crippen LogP contribution in [0.25, 0.3) is 0 Å². The van der Waals surface area contributed by atoms with Gasteiger partial charge in [-0.3, -0.25) is 5.43 Å². The van der Waals surface area contributed by atoms with E-state index in [4.69, 9.17) is 4.42 Å². The zero-order chi connectivity index (χ0) is 13.6. The lowest BCUT2D eigenvalue weighted by Crippen LogP contribution is -2.22. The van der Waals surface area contributed by atoms with Crippen molar-refractivity contribution in [3.63, 3.8) is 0 Å². The number of aromatic nitrogens is 2. The minimum Gasteiger partial charge on any atom is -0.463 e. The van der Waals surface area contributed by atoms with Gasteiger partial charge in [-0.15, -0.1) is 0 Å². The molecule has 0 aliphatic carbocycles. The maximum atomic E-state index is 5.20. The molecule has 1 N–H and O–H groups in total. The summed E-state index contributed by atoms with van der Waals surface area (Å²) in [6.45, 7) is 0. The van der Waals surface area contributed by atoms with Crippen LogP contribution in [0.3, 0.4) is 0 Å². The minimum absolute atomic E-state index is 0.107. The first kappa shape index (κ1) is 12.2. The fraction of sp³-hybridized carbons (Fsp3) is 0.0667. The number of hydrazone groups is 1. The van der Waals surface area contributed by atoms with Crippen LogP contribution in [-0.4, -0.2) is 15.8 Å². The van der Waals surface area contributed by atoms with E-state index in [1.54, 1.807) is 25.0 Å². The first-order chi connectivity index (χ1) is 9.93. The summed E-state index contributed by atoms with van der Waals surface area (Å²) >= 11 is 0. The van der Waals surface area contributed by atoms with Crippen LogP contribution in [-0.2, 0) is 0 Å². The van der Waals surface area contributed by atoms with Gasteiger partial charge in [-0.25, -0.2) is 4.98 Å². The van der Waals surface area contributed by atoms with Gasteiger partial charge in [-0.1, -0.05) is 30.3 Å². The predicted molar refractivity (Wildman–Crippen MR) is 76.2 cm³/mol. The third kappa shape index (κ3) is 2.77. The summed E-state index contributed by atoms with van der Waals surface area (Å²) in [5, 5.41) is 4.23. The zero-order valence-electron chi connectivity index (χ0n) is 10.8. The highest BCUT2D eigenvalue weighted by Crippen LogP contribution is 2.14. The van der Waals surface area contributed by atoms with Gasteiger partial charge < -0.3 is 8.98 Å². The molecule has 2 heterocycles. The van der Waals surface area contributed by atoms with E-state index >= 15 is 0 Å². The van der Waals surface area contributed by atoms with E-state index in [0.717, 1.165) is 5.56 Å². The first-order valence-corrected chi connectivity index (χ1v) is 6.28. The smallest absolute Gasteiger partial charge is 0.146 e. The van der Waals surface area contributed by atoms with E-state index < -0.39 is 0 Å². The monoisotopic (exact) mass is 266 g/mol. The van der Waals surface area contributed by atoms with Gasteiger partial charge in [0.1, 0.15) is 11.9 Å². The SMILES string of the molecule is C(=NNC(c1ccccc1)n1ccnc1)c1ccco1. The van der Waals surface area contributed by atoms with Gasteiger partial charge in [0, 0.05) is 12.4 Å². The summed E-state index contributed by atoms with van der Waals surface area (Å²) in [7, 11) is 0. The Morgan fingerprint density at radius 3 is 2.80 bits per heavy atom. The first-order valence-electron chi connectivity index (χ1n) is 6.28. The lowest BCUT2D eigenvalue weighted by molar-refractivity contribution is 0.482. The molecule has 20 heavy (non-hydrogen) atoms.